The van der Waals surface area contributed by atoms with Crippen LogP contribution in [0.3, 0.4) is 0 Å². The molecule has 0 aliphatic rings. The van der Waals surface area contributed by atoms with Gasteiger partial charge >= 0.3 is 0 Å². The maximum atomic E-state index is 5.62. The van der Waals surface area contributed by atoms with E-state index in [1.165, 1.54) is 12.0 Å². The molecule has 0 aromatic rings. The van der Waals surface area contributed by atoms with Crippen LogP contribution in [0.25, 0.3) is 0 Å². The molecule has 0 spiro atoms. The summed E-state index contributed by atoms with van der Waals surface area (Å²) in [6, 6.07) is 2.50. The second kappa shape index (κ2) is 82.5. The second-order valence-electron chi connectivity index (χ2n) is 0.250. The summed E-state index contributed by atoms with van der Waals surface area (Å²) < 4.78 is 0. The molecule has 7 heavy (non-hydrogen) atoms. The first-order valence-electron chi connectivity index (χ1n) is 1.00. The molecule has 0 fully saturated rings. The molecular weight excluding hydrogens is 108 g/mol. The first kappa shape index (κ1) is 16.7. The van der Waals surface area contributed by atoms with Crippen molar-refractivity contribution in [3.63, 3.8) is 0 Å². The summed E-state index contributed by atoms with van der Waals surface area (Å²) in [6.45, 7) is 0. The van der Waals surface area contributed by atoms with E-state index in [-0.39, 0.29) is 11.0 Å². The molecule has 0 atom stereocenters. The van der Waals surface area contributed by atoms with E-state index in [1.807, 2.05) is 0 Å². The number of hydrogen-bond donors (Lipinski definition) is 4. The molecule has 0 aliphatic carbocycles. The molecule has 0 aromatic heterocycles. The Bertz CT molecular complexity index is 63.7. The fourth-order valence-electron chi connectivity index (χ4n) is 0. The smallest absolute Gasteiger partial charge is 0.0831 e. The average molecular weight is 112 g/mol. The molecule has 0 amide bonds. The summed E-state index contributed by atoms with van der Waals surface area (Å²) in [5.74, 6) is 0. The molecular formula is C2H4N4Si. The minimum atomic E-state index is 0. The van der Waals surface area contributed by atoms with E-state index < -0.39 is 0 Å². The molecule has 0 saturated heterocycles. The van der Waals surface area contributed by atoms with Crippen LogP contribution in [0.5, 0.6) is 0 Å². The Hall–Kier alpha value is -1.02. The van der Waals surface area contributed by atoms with E-state index >= 15 is 0 Å². The molecule has 0 rings (SSSR count). The zero-order chi connectivity index (χ0) is 5.41. The van der Waals surface area contributed by atoms with Crippen LogP contribution in [0.15, 0.2) is 0 Å². The summed E-state index contributed by atoms with van der Waals surface area (Å²) in [5, 5.41) is 22.5. The maximum Gasteiger partial charge on any atom is 0.0831 e. The van der Waals surface area contributed by atoms with Crippen molar-refractivity contribution < 1.29 is 0 Å². The van der Waals surface area contributed by atoms with Gasteiger partial charge in [0.05, 0.1) is 12.0 Å². The minimum Gasteiger partial charge on any atom is -0.242 e. The van der Waals surface area contributed by atoms with E-state index in [0.29, 0.717) is 0 Å². The molecule has 0 heterocycles. The van der Waals surface area contributed by atoms with Crippen molar-refractivity contribution in [3.8, 4) is 0 Å². The second-order valence-corrected chi connectivity index (χ2v) is 0.250. The molecule has 4 nitrogen and oxygen atoms in total. The van der Waals surface area contributed by atoms with Crippen LogP contribution >= 0.6 is 0 Å². The fourth-order valence-corrected chi connectivity index (χ4v) is 0. The third-order valence-corrected chi connectivity index (χ3v) is 0. The van der Waals surface area contributed by atoms with Gasteiger partial charge < -0.3 is 0 Å². The largest absolute Gasteiger partial charge is 0.242 e. The van der Waals surface area contributed by atoms with Gasteiger partial charge in [-0.3, -0.25) is 0 Å². The Labute approximate surface area is 45.6 Å². The van der Waals surface area contributed by atoms with Crippen molar-refractivity contribution in [2.24, 2.45) is 0 Å². The van der Waals surface area contributed by atoms with Gasteiger partial charge in [0.1, 0.15) is 0 Å². The molecule has 5 heteroatoms. The lowest BCUT2D eigenvalue weighted by atomic mass is 11.6. The lowest BCUT2D eigenvalue weighted by molar-refractivity contribution is 1.47. The highest BCUT2D eigenvalue weighted by molar-refractivity contribution is 5.75. The van der Waals surface area contributed by atoms with Gasteiger partial charge in [0.15, 0.2) is 0 Å². The monoisotopic (exact) mass is 112 g/mol. The highest BCUT2D eigenvalue weighted by atomic mass is 28.1. The van der Waals surface area contributed by atoms with Gasteiger partial charge in [-0.05, 0) is 0 Å². The molecule has 0 bridgehead atoms. The SMILES string of the molecule is N=C=N.N=C=N.[Si]. The van der Waals surface area contributed by atoms with Crippen LogP contribution in [0.1, 0.15) is 0 Å². The summed E-state index contributed by atoms with van der Waals surface area (Å²) in [7, 11) is 0. The third kappa shape index (κ3) is 42.1. The van der Waals surface area contributed by atoms with E-state index in [9.17, 15) is 0 Å². The standard InChI is InChI=1S/2CH2N2.Si/c2*2-1-3;/h2*2-3H;. The van der Waals surface area contributed by atoms with Crippen molar-refractivity contribution in [1.82, 2.24) is 0 Å². The first-order valence-corrected chi connectivity index (χ1v) is 1.00. The molecule has 0 aromatic carbocycles. The molecule has 0 aliphatic heterocycles. The van der Waals surface area contributed by atoms with Crippen LogP contribution in [-0.2, 0) is 0 Å². The fraction of sp³-hybridized carbons (Fsp3) is 0. The summed E-state index contributed by atoms with van der Waals surface area (Å²) >= 11 is 0. The predicted molar refractivity (Wildman–Crippen MR) is 26.6 cm³/mol. The van der Waals surface area contributed by atoms with Crippen LogP contribution in [0.4, 0.5) is 0 Å². The lowest BCUT2D eigenvalue weighted by Gasteiger charge is -1.09. The highest BCUT2D eigenvalue weighted by Gasteiger charge is 0.937. The third-order valence-electron chi connectivity index (χ3n) is 0. The van der Waals surface area contributed by atoms with Gasteiger partial charge in [0.25, 0.3) is 0 Å². The van der Waals surface area contributed by atoms with Gasteiger partial charge in [-0.2, -0.15) is 0 Å². The van der Waals surface area contributed by atoms with E-state index in [1.54, 1.807) is 0 Å². The van der Waals surface area contributed by atoms with Crippen LogP contribution in [0.2, 0.25) is 0 Å². The van der Waals surface area contributed by atoms with Gasteiger partial charge in [-0.15, -0.1) is 0 Å². The number of rotatable bonds is 0. The Morgan fingerprint density at radius 3 is 0.714 bits per heavy atom. The van der Waals surface area contributed by atoms with Crippen molar-refractivity contribution in [2.75, 3.05) is 0 Å². The van der Waals surface area contributed by atoms with E-state index in [2.05, 4.69) is 0 Å². The van der Waals surface area contributed by atoms with Crippen molar-refractivity contribution >= 4 is 23.0 Å². The van der Waals surface area contributed by atoms with Gasteiger partial charge in [0, 0.05) is 11.0 Å². The summed E-state index contributed by atoms with van der Waals surface area (Å²) in [4.78, 5) is 0. The number of nitrogens with one attached hydrogen (secondary N) is 4. The molecule has 36 valence electrons. The lowest BCUT2D eigenvalue weighted by Crippen LogP contribution is -1.11. The molecule has 4 N–H and O–H groups in total. The maximum absolute atomic E-state index is 5.62. The highest BCUT2D eigenvalue weighted by Crippen LogP contribution is 0.923. The molecule has 4 radical (unpaired) electrons. The average Bonchev–Trinajstić information content (AvgIpc) is 1.39. The number of hydrogen-bond acceptors (Lipinski definition) is 4. The van der Waals surface area contributed by atoms with Crippen LogP contribution < -0.4 is 0 Å². The van der Waals surface area contributed by atoms with Crippen LogP contribution in [-0.4, -0.2) is 23.0 Å². The zero-order valence-corrected chi connectivity index (χ0v) is 4.50. The quantitative estimate of drug-likeness (QED) is 0.255. The van der Waals surface area contributed by atoms with Crippen LogP contribution in [0, 0.1) is 21.6 Å². The van der Waals surface area contributed by atoms with Gasteiger partial charge in [0.2, 0.25) is 0 Å². The zero-order valence-electron chi connectivity index (χ0n) is 3.50. The van der Waals surface area contributed by atoms with Crippen molar-refractivity contribution in [1.29, 1.82) is 21.6 Å². The molecule has 0 saturated carbocycles. The van der Waals surface area contributed by atoms with E-state index in [0.717, 1.165) is 0 Å². The van der Waals surface area contributed by atoms with E-state index in [4.69, 9.17) is 21.6 Å². The van der Waals surface area contributed by atoms with Gasteiger partial charge in [-0.25, -0.2) is 21.6 Å². The topological polar surface area (TPSA) is 95.4 Å². The minimum absolute atomic E-state index is 0. The van der Waals surface area contributed by atoms with Crippen molar-refractivity contribution in [3.05, 3.63) is 0 Å². The Kier molecular flexibility index (Phi) is 197. The van der Waals surface area contributed by atoms with Crippen molar-refractivity contribution in [2.45, 2.75) is 0 Å². The predicted octanol–water partition coefficient (Wildman–Crippen LogP) is 0.255. The summed E-state index contributed by atoms with van der Waals surface area (Å²) in [5.41, 5.74) is 0. The Morgan fingerprint density at radius 2 is 0.714 bits per heavy atom. The molecule has 0 unspecified atom stereocenters. The summed E-state index contributed by atoms with van der Waals surface area (Å²) in [6.07, 6.45) is 0. The Morgan fingerprint density at radius 1 is 0.714 bits per heavy atom. The Balaban J connectivity index is -0.0000000400. The first-order chi connectivity index (χ1) is 2.83. The van der Waals surface area contributed by atoms with Gasteiger partial charge in [-0.1, -0.05) is 0 Å². The normalized spacial score (nSPS) is 2.29.